The van der Waals surface area contributed by atoms with Crippen molar-refractivity contribution in [3.8, 4) is 0 Å². The topological polar surface area (TPSA) is 61.4 Å². The Bertz CT molecular complexity index is 872. The van der Waals surface area contributed by atoms with E-state index in [4.69, 9.17) is 23.2 Å². The molecule has 2 unspecified atom stereocenters. The van der Waals surface area contributed by atoms with Gasteiger partial charge in [0.1, 0.15) is 5.82 Å². The Hall–Kier alpha value is -2.05. The van der Waals surface area contributed by atoms with Gasteiger partial charge in [0, 0.05) is 71.9 Å². The Morgan fingerprint density at radius 3 is 2.32 bits per heavy atom. The zero-order valence-electron chi connectivity index (χ0n) is 16.0. The van der Waals surface area contributed by atoms with E-state index >= 15 is 0 Å². The standard InChI is InChI=1S/C20H23Cl2N5O/c1-3-23-18-4-12(2)24-20(25-18)27-10-14-8-26(9-15(14)11-27)19(28)13-5-16(21)7-17(22)6-13/h4-7,14-15H,3,8-11H2,1-2H3,(H,23,24,25). The van der Waals surface area contributed by atoms with Gasteiger partial charge in [-0.05, 0) is 32.0 Å². The number of nitrogens with zero attached hydrogens (tertiary/aromatic N) is 4. The molecule has 6 nitrogen and oxygen atoms in total. The summed E-state index contributed by atoms with van der Waals surface area (Å²) in [7, 11) is 0. The van der Waals surface area contributed by atoms with Crippen molar-refractivity contribution in [2.24, 2.45) is 11.8 Å². The molecular weight excluding hydrogens is 397 g/mol. The number of hydrogen-bond donors (Lipinski definition) is 1. The highest BCUT2D eigenvalue weighted by Crippen LogP contribution is 2.34. The van der Waals surface area contributed by atoms with Crippen LogP contribution in [0.3, 0.4) is 0 Å². The van der Waals surface area contributed by atoms with Gasteiger partial charge in [0.05, 0.1) is 0 Å². The first-order chi connectivity index (χ1) is 13.4. The predicted molar refractivity (Wildman–Crippen MR) is 112 cm³/mol. The van der Waals surface area contributed by atoms with Gasteiger partial charge in [-0.25, -0.2) is 4.98 Å². The number of carbonyl (C=O) groups is 1. The van der Waals surface area contributed by atoms with Gasteiger partial charge >= 0.3 is 0 Å². The number of aromatic nitrogens is 2. The fourth-order valence-corrected chi connectivity index (χ4v) is 4.67. The summed E-state index contributed by atoms with van der Waals surface area (Å²) >= 11 is 12.1. The molecule has 2 saturated heterocycles. The van der Waals surface area contributed by atoms with Crippen molar-refractivity contribution in [2.75, 3.05) is 42.9 Å². The van der Waals surface area contributed by atoms with Gasteiger partial charge in [-0.1, -0.05) is 23.2 Å². The van der Waals surface area contributed by atoms with Crippen LogP contribution in [0, 0.1) is 18.8 Å². The summed E-state index contributed by atoms with van der Waals surface area (Å²) in [5.41, 5.74) is 1.50. The van der Waals surface area contributed by atoms with Crippen LogP contribution in [0.5, 0.6) is 0 Å². The van der Waals surface area contributed by atoms with E-state index in [1.165, 1.54) is 0 Å². The van der Waals surface area contributed by atoms with Crippen molar-refractivity contribution >= 4 is 40.9 Å². The van der Waals surface area contributed by atoms with Crippen LogP contribution in [0.15, 0.2) is 24.3 Å². The van der Waals surface area contributed by atoms with Crippen molar-refractivity contribution in [3.05, 3.63) is 45.6 Å². The zero-order valence-corrected chi connectivity index (χ0v) is 17.5. The number of aryl methyl sites for hydroxylation is 1. The number of fused-ring (bicyclic) bond motifs is 1. The van der Waals surface area contributed by atoms with Gasteiger partial charge in [-0.3, -0.25) is 4.79 Å². The fourth-order valence-electron chi connectivity index (χ4n) is 4.15. The molecule has 28 heavy (non-hydrogen) atoms. The van der Waals surface area contributed by atoms with Crippen LogP contribution >= 0.6 is 23.2 Å². The average molecular weight is 420 g/mol. The number of anilines is 2. The molecule has 0 bridgehead atoms. The monoisotopic (exact) mass is 419 g/mol. The van der Waals surface area contributed by atoms with Crippen molar-refractivity contribution in [3.63, 3.8) is 0 Å². The van der Waals surface area contributed by atoms with Crippen LogP contribution in [0.25, 0.3) is 0 Å². The van der Waals surface area contributed by atoms with E-state index in [0.29, 0.717) is 27.4 Å². The fraction of sp³-hybridized carbons (Fsp3) is 0.450. The lowest BCUT2D eigenvalue weighted by Gasteiger charge is -2.22. The van der Waals surface area contributed by atoms with Gasteiger partial charge < -0.3 is 15.1 Å². The summed E-state index contributed by atoms with van der Waals surface area (Å²) < 4.78 is 0. The summed E-state index contributed by atoms with van der Waals surface area (Å²) in [6, 6.07) is 6.96. The van der Waals surface area contributed by atoms with Crippen LogP contribution in [0.2, 0.25) is 10.0 Å². The number of halogens is 2. The average Bonchev–Trinajstić information content (AvgIpc) is 3.19. The maximum atomic E-state index is 12.9. The Morgan fingerprint density at radius 2 is 1.71 bits per heavy atom. The molecular formula is C20H23Cl2N5O. The molecule has 0 aliphatic carbocycles. The molecule has 0 radical (unpaired) electrons. The molecule has 1 N–H and O–H groups in total. The summed E-state index contributed by atoms with van der Waals surface area (Å²) in [6.45, 7) is 8.05. The van der Waals surface area contributed by atoms with E-state index in [0.717, 1.165) is 50.2 Å². The number of benzene rings is 1. The number of nitrogens with one attached hydrogen (secondary N) is 1. The predicted octanol–water partition coefficient (Wildman–Crippen LogP) is 3.73. The molecule has 148 valence electrons. The van der Waals surface area contributed by atoms with Gasteiger partial charge in [0.25, 0.3) is 5.91 Å². The SMILES string of the molecule is CCNc1cc(C)nc(N2CC3CN(C(=O)c4cc(Cl)cc(Cl)c4)CC3C2)n1. The van der Waals surface area contributed by atoms with Crippen molar-refractivity contribution < 1.29 is 4.79 Å². The molecule has 4 rings (SSSR count). The third-order valence-electron chi connectivity index (χ3n) is 5.37. The lowest BCUT2D eigenvalue weighted by atomic mass is 10.0. The van der Waals surface area contributed by atoms with E-state index in [1.807, 2.05) is 17.9 Å². The zero-order chi connectivity index (χ0) is 19.8. The number of carbonyl (C=O) groups excluding carboxylic acids is 1. The summed E-state index contributed by atoms with van der Waals surface area (Å²) in [5.74, 6) is 2.46. The molecule has 2 aliphatic heterocycles. The number of hydrogen-bond acceptors (Lipinski definition) is 5. The highest BCUT2D eigenvalue weighted by atomic mass is 35.5. The molecule has 0 spiro atoms. The second-order valence-electron chi connectivity index (χ2n) is 7.52. The lowest BCUT2D eigenvalue weighted by molar-refractivity contribution is 0.0782. The maximum absolute atomic E-state index is 12.9. The molecule has 1 aromatic heterocycles. The van der Waals surface area contributed by atoms with E-state index in [9.17, 15) is 4.79 Å². The normalized spacial score (nSPS) is 21.1. The van der Waals surface area contributed by atoms with Crippen LogP contribution in [-0.4, -0.2) is 53.5 Å². The smallest absolute Gasteiger partial charge is 0.253 e. The molecule has 2 aromatic rings. The third-order valence-corrected chi connectivity index (χ3v) is 5.80. The minimum Gasteiger partial charge on any atom is -0.370 e. The molecule has 2 fully saturated rings. The molecule has 2 atom stereocenters. The van der Waals surface area contributed by atoms with Crippen molar-refractivity contribution in [1.29, 1.82) is 0 Å². The lowest BCUT2D eigenvalue weighted by Crippen LogP contribution is -2.33. The quantitative estimate of drug-likeness (QED) is 0.817. The van der Waals surface area contributed by atoms with Crippen LogP contribution in [0.4, 0.5) is 11.8 Å². The molecule has 1 aromatic carbocycles. The maximum Gasteiger partial charge on any atom is 0.253 e. The summed E-state index contributed by atoms with van der Waals surface area (Å²) in [5, 5.41) is 4.22. The highest BCUT2D eigenvalue weighted by molar-refractivity contribution is 6.35. The number of likely N-dealkylation sites (tertiary alicyclic amines) is 1. The molecule has 0 saturated carbocycles. The Labute approximate surface area is 174 Å². The number of rotatable bonds is 4. The van der Waals surface area contributed by atoms with E-state index in [2.05, 4.69) is 27.1 Å². The van der Waals surface area contributed by atoms with Crippen molar-refractivity contribution in [1.82, 2.24) is 14.9 Å². The summed E-state index contributed by atoms with van der Waals surface area (Å²) in [4.78, 5) is 26.3. The number of amides is 1. The van der Waals surface area contributed by atoms with Gasteiger partial charge in [0.15, 0.2) is 0 Å². The Morgan fingerprint density at radius 1 is 1.07 bits per heavy atom. The first-order valence-corrected chi connectivity index (χ1v) is 10.3. The van der Waals surface area contributed by atoms with Crippen LogP contribution in [-0.2, 0) is 0 Å². The second-order valence-corrected chi connectivity index (χ2v) is 8.39. The third kappa shape index (κ3) is 3.89. The Kier molecular flexibility index (Phi) is 5.34. The molecule has 8 heteroatoms. The minimum absolute atomic E-state index is 0.00779. The molecule has 1 amide bonds. The first kappa shape index (κ1) is 19.3. The summed E-state index contributed by atoms with van der Waals surface area (Å²) in [6.07, 6.45) is 0. The van der Waals surface area contributed by atoms with Gasteiger partial charge in [-0.2, -0.15) is 4.98 Å². The largest absolute Gasteiger partial charge is 0.370 e. The molecule has 3 heterocycles. The van der Waals surface area contributed by atoms with Crippen LogP contribution < -0.4 is 10.2 Å². The second kappa shape index (κ2) is 7.76. The molecule has 2 aliphatic rings. The Balaban J connectivity index is 1.44. The van der Waals surface area contributed by atoms with Gasteiger partial charge in [-0.15, -0.1) is 0 Å². The first-order valence-electron chi connectivity index (χ1n) is 9.53. The van der Waals surface area contributed by atoms with E-state index in [1.54, 1.807) is 18.2 Å². The van der Waals surface area contributed by atoms with Crippen LogP contribution in [0.1, 0.15) is 23.0 Å². The van der Waals surface area contributed by atoms with Crippen molar-refractivity contribution in [2.45, 2.75) is 13.8 Å². The minimum atomic E-state index is -0.00779. The highest BCUT2D eigenvalue weighted by Gasteiger charge is 2.42. The van der Waals surface area contributed by atoms with E-state index < -0.39 is 0 Å². The van der Waals surface area contributed by atoms with Gasteiger partial charge in [0.2, 0.25) is 5.95 Å². The van der Waals surface area contributed by atoms with E-state index in [-0.39, 0.29) is 5.91 Å².